The number of anilines is 1. The van der Waals surface area contributed by atoms with Crippen molar-refractivity contribution < 1.29 is 27.5 Å². The van der Waals surface area contributed by atoms with Crippen LogP contribution < -0.4 is 5.32 Å². The molecule has 0 spiro atoms. The molecule has 0 aliphatic carbocycles. The van der Waals surface area contributed by atoms with E-state index in [9.17, 15) is 18.0 Å². The van der Waals surface area contributed by atoms with E-state index in [0.29, 0.717) is 43.6 Å². The minimum Gasteiger partial charge on any atom is -0.453 e. The lowest BCUT2D eigenvalue weighted by atomic mass is 10.1. The molecule has 3 rings (SSSR count). The molecule has 1 aromatic heterocycles. The van der Waals surface area contributed by atoms with Crippen molar-refractivity contribution in [3.8, 4) is 0 Å². The summed E-state index contributed by atoms with van der Waals surface area (Å²) in [5.41, 5.74) is 0.783. The number of nitrogens with zero attached hydrogens (tertiary/aromatic N) is 2. The topological polar surface area (TPSA) is 115 Å². The maximum absolute atomic E-state index is 12.6. The predicted octanol–water partition coefficient (Wildman–Crippen LogP) is 2.26. The molecule has 1 N–H and O–H groups in total. The van der Waals surface area contributed by atoms with Gasteiger partial charge in [0.2, 0.25) is 10.0 Å². The van der Waals surface area contributed by atoms with E-state index in [1.54, 1.807) is 18.2 Å². The van der Waals surface area contributed by atoms with Gasteiger partial charge in [-0.3, -0.25) is 9.59 Å². The number of hydrogen-bond donors (Lipinski definition) is 1. The van der Waals surface area contributed by atoms with Crippen molar-refractivity contribution in [2.45, 2.75) is 30.8 Å². The molecule has 172 valence electrons. The third-order valence-electron chi connectivity index (χ3n) is 4.81. The minimum atomic E-state index is -3.56. The lowest BCUT2D eigenvalue weighted by molar-refractivity contribution is -0.153. The zero-order valence-electron chi connectivity index (χ0n) is 17.5. The minimum absolute atomic E-state index is 0.0480. The Morgan fingerprint density at radius 1 is 1.19 bits per heavy atom. The highest BCUT2D eigenvalue weighted by molar-refractivity contribution is 7.89. The van der Waals surface area contributed by atoms with Gasteiger partial charge in [-0.05, 0) is 43.2 Å². The molecule has 1 amide bonds. The summed E-state index contributed by atoms with van der Waals surface area (Å²) in [6.45, 7) is 2.89. The van der Waals surface area contributed by atoms with Gasteiger partial charge in [-0.1, -0.05) is 23.7 Å². The lowest BCUT2D eigenvalue weighted by Crippen LogP contribution is -2.40. The number of amides is 1. The number of aromatic nitrogens is 1. The number of carbonyl (C=O) groups excluding carboxylic acids is 2. The number of nitrogens with one attached hydrogen (secondary N) is 1. The number of halogens is 1. The number of morpholine rings is 1. The summed E-state index contributed by atoms with van der Waals surface area (Å²) in [5.74, 6) is -0.748. The standard InChI is InChI=1S/C21H24ClN3O6S/c1-15(21(27)24-19-8-5-17(22)14-23-19)31-20(26)9-4-16-2-6-18(7-3-16)32(28,29)25-10-12-30-13-11-25/h2-3,5-8,14-15H,4,9-13H2,1H3,(H,23,24,27)/t15-/m0/s1. The van der Waals surface area contributed by atoms with E-state index in [1.807, 2.05) is 0 Å². The van der Waals surface area contributed by atoms with E-state index < -0.39 is 28.0 Å². The molecule has 32 heavy (non-hydrogen) atoms. The average Bonchev–Trinajstić information content (AvgIpc) is 2.80. The van der Waals surface area contributed by atoms with Crippen molar-refractivity contribution in [2.75, 3.05) is 31.6 Å². The third kappa shape index (κ3) is 6.49. The first-order valence-electron chi connectivity index (χ1n) is 10.0. The van der Waals surface area contributed by atoms with E-state index in [2.05, 4.69) is 10.3 Å². The molecule has 0 saturated carbocycles. The molecule has 2 aromatic rings. The van der Waals surface area contributed by atoms with Crippen LogP contribution in [0.2, 0.25) is 5.02 Å². The molecule has 0 unspecified atom stereocenters. The number of esters is 1. The number of hydrogen-bond acceptors (Lipinski definition) is 7. The third-order valence-corrected chi connectivity index (χ3v) is 6.94. The Bertz CT molecular complexity index is 1040. The van der Waals surface area contributed by atoms with Crippen LogP contribution in [0.15, 0.2) is 47.5 Å². The summed E-state index contributed by atoms with van der Waals surface area (Å²) in [5, 5.41) is 2.98. The van der Waals surface area contributed by atoms with E-state index in [0.717, 1.165) is 5.56 Å². The number of sulfonamides is 1. The van der Waals surface area contributed by atoms with Gasteiger partial charge >= 0.3 is 5.97 Å². The zero-order chi connectivity index (χ0) is 23.1. The van der Waals surface area contributed by atoms with E-state index in [1.165, 1.54) is 35.6 Å². The fourth-order valence-corrected chi connectivity index (χ4v) is 4.52. The summed E-state index contributed by atoms with van der Waals surface area (Å²) in [6, 6.07) is 9.52. The number of rotatable bonds is 8. The summed E-state index contributed by atoms with van der Waals surface area (Å²) < 4.78 is 37.1. The quantitative estimate of drug-likeness (QED) is 0.575. The molecule has 11 heteroatoms. The Labute approximate surface area is 191 Å². The Hall–Kier alpha value is -2.53. The van der Waals surface area contributed by atoms with E-state index in [-0.39, 0.29) is 11.3 Å². The molecule has 1 aromatic carbocycles. The second-order valence-electron chi connectivity index (χ2n) is 7.14. The smallest absolute Gasteiger partial charge is 0.306 e. The number of carbonyl (C=O) groups is 2. The first-order chi connectivity index (χ1) is 15.3. The molecule has 1 aliphatic heterocycles. The highest BCUT2D eigenvalue weighted by Gasteiger charge is 2.26. The summed E-state index contributed by atoms with van der Waals surface area (Å²) in [6.07, 6.45) is 0.794. The molecule has 2 heterocycles. The van der Waals surface area contributed by atoms with Crippen LogP contribution >= 0.6 is 11.6 Å². The molecule has 1 saturated heterocycles. The van der Waals surface area contributed by atoms with Crippen LogP contribution in [0.3, 0.4) is 0 Å². The van der Waals surface area contributed by atoms with Gasteiger partial charge in [0.1, 0.15) is 5.82 Å². The van der Waals surface area contributed by atoms with Gasteiger partial charge in [0, 0.05) is 25.7 Å². The molecule has 1 fully saturated rings. The van der Waals surface area contributed by atoms with Crippen LogP contribution in [0.4, 0.5) is 5.82 Å². The van der Waals surface area contributed by atoms with Gasteiger partial charge in [-0.15, -0.1) is 0 Å². The maximum Gasteiger partial charge on any atom is 0.306 e. The first kappa shape index (κ1) is 24.1. The molecule has 0 bridgehead atoms. The maximum atomic E-state index is 12.6. The van der Waals surface area contributed by atoms with Crippen LogP contribution in [0.5, 0.6) is 0 Å². The monoisotopic (exact) mass is 481 g/mol. The van der Waals surface area contributed by atoms with Gasteiger partial charge in [0.05, 0.1) is 23.1 Å². The second kappa shape index (κ2) is 10.9. The molecular formula is C21H24ClN3O6S. The van der Waals surface area contributed by atoms with Gasteiger partial charge < -0.3 is 14.8 Å². The average molecular weight is 482 g/mol. The Morgan fingerprint density at radius 3 is 2.50 bits per heavy atom. The Morgan fingerprint density at radius 2 is 1.88 bits per heavy atom. The first-order valence-corrected chi connectivity index (χ1v) is 11.9. The van der Waals surface area contributed by atoms with E-state index in [4.69, 9.17) is 21.1 Å². The zero-order valence-corrected chi connectivity index (χ0v) is 19.1. The highest BCUT2D eigenvalue weighted by atomic mass is 35.5. The Kier molecular flexibility index (Phi) is 8.19. The fraction of sp³-hybridized carbons (Fsp3) is 0.381. The van der Waals surface area contributed by atoms with Gasteiger partial charge in [0.15, 0.2) is 6.10 Å². The van der Waals surface area contributed by atoms with Crippen LogP contribution in [0.25, 0.3) is 0 Å². The van der Waals surface area contributed by atoms with Gasteiger partial charge in [0.25, 0.3) is 5.91 Å². The van der Waals surface area contributed by atoms with Crippen LogP contribution in [0, 0.1) is 0 Å². The van der Waals surface area contributed by atoms with Crippen molar-refractivity contribution >= 4 is 39.3 Å². The normalized spacial score (nSPS) is 15.7. The van der Waals surface area contributed by atoms with Gasteiger partial charge in [-0.2, -0.15) is 4.31 Å². The van der Waals surface area contributed by atoms with Crippen molar-refractivity contribution in [2.24, 2.45) is 0 Å². The number of pyridine rings is 1. The lowest BCUT2D eigenvalue weighted by Gasteiger charge is -2.26. The molecule has 1 atom stereocenters. The molecule has 9 nitrogen and oxygen atoms in total. The van der Waals surface area contributed by atoms with Crippen molar-refractivity contribution in [3.05, 3.63) is 53.2 Å². The largest absolute Gasteiger partial charge is 0.453 e. The molecule has 1 aliphatic rings. The molecular weight excluding hydrogens is 458 g/mol. The predicted molar refractivity (Wildman–Crippen MR) is 118 cm³/mol. The van der Waals surface area contributed by atoms with Crippen LogP contribution in [-0.2, 0) is 35.5 Å². The van der Waals surface area contributed by atoms with Crippen LogP contribution in [0.1, 0.15) is 18.9 Å². The summed E-state index contributed by atoms with van der Waals surface area (Å²) >= 11 is 5.75. The molecule has 0 radical (unpaired) electrons. The van der Waals surface area contributed by atoms with Gasteiger partial charge in [-0.25, -0.2) is 13.4 Å². The summed E-state index contributed by atoms with van der Waals surface area (Å²) in [4.78, 5) is 28.4. The SMILES string of the molecule is C[C@H](OC(=O)CCc1ccc(S(=O)(=O)N2CCOCC2)cc1)C(=O)Nc1ccc(Cl)cn1. The number of benzene rings is 1. The highest BCUT2D eigenvalue weighted by Crippen LogP contribution is 2.18. The second-order valence-corrected chi connectivity index (χ2v) is 9.52. The van der Waals surface area contributed by atoms with Crippen molar-refractivity contribution in [1.82, 2.24) is 9.29 Å². The number of aryl methyl sites for hydroxylation is 1. The number of ether oxygens (including phenoxy) is 2. The van der Waals surface area contributed by atoms with Crippen LogP contribution in [-0.4, -0.2) is 62.0 Å². The van der Waals surface area contributed by atoms with E-state index >= 15 is 0 Å². The fourth-order valence-electron chi connectivity index (χ4n) is 3.00. The Balaban J connectivity index is 1.47. The van der Waals surface area contributed by atoms with Crippen molar-refractivity contribution in [1.29, 1.82) is 0 Å². The summed E-state index contributed by atoms with van der Waals surface area (Å²) in [7, 11) is -3.56. The van der Waals surface area contributed by atoms with Crippen molar-refractivity contribution in [3.63, 3.8) is 0 Å².